The van der Waals surface area contributed by atoms with E-state index in [-0.39, 0.29) is 0 Å². The van der Waals surface area contributed by atoms with Crippen LogP contribution in [0.3, 0.4) is 0 Å². The van der Waals surface area contributed by atoms with E-state index in [2.05, 4.69) is 19.1 Å². The molecule has 0 unspecified atom stereocenters. The Balaban J connectivity index is 1.73. The van der Waals surface area contributed by atoms with Crippen LogP contribution in [-0.4, -0.2) is 13.2 Å². The molecule has 0 fully saturated rings. The molecule has 0 aliphatic rings. The smallest absolute Gasteiger partial charge is 0.122 e. The second kappa shape index (κ2) is 8.32. The van der Waals surface area contributed by atoms with Crippen molar-refractivity contribution in [3.8, 4) is 11.5 Å². The van der Waals surface area contributed by atoms with Gasteiger partial charge in [-0.3, -0.25) is 0 Å². The molecule has 0 aromatic heterocycles. The highest BCUT2D eigenvalue weighted by Crippen LogP contribution is 2.15. The summed E-state index contributed by atoms with van der Waals surface area (Å²) in [4.78, 5) is 0. The fourth-order valence-corrected chi connectivity index (χ4v) is 2.12. The number of aryl methyl sites for hydroxylation is 1. The Morgan fingerprint density at radius 3 is 2.24 bits per heavy atom. The molecule has 21 heavy (non-hydrogen) atoms. The zero-order valence-corrected chi connectivity index (χ0v) is 12.5. The first-order chi connectivity index (χ1) is 10.3. The normalized spacial score (nSPS) is 10.4. The van der Waals surface area contributed by atoms with E-state index in [4.69, 9.17) is 15.2 Å². The molecule has 3 heteroatoms. The maximum Gasteiger partial charge on any atom is 0.122 e. The molecule has 2 aromatic rings. The van der Waals surface area contributed by atoms with Crippen molar-refractivity contribution in [3.63, 3.8) is 0 Å². The van der Waals surface area contributed by atoms with Gasteiger partial charge in [0.2, 0.25) is 0 Å². The summed E-state index contributed by atoms with van der Waals surface area (Å²) in [5, 5.41) is 0. The van der Waals surface area contributed by atoms with Gasteiger partial charge in [0.15, 0.2) is 0 Å². The Kier molecular flexibility index (Phi) is 6.10. The Hall–Kier alpha value is -2.00. The van der Waals surface area contributed by atoms with Crippen molar-refractivity contribution in [2.75, 3.05) is 13.2 Å². The summed E-state index contributed by atoms with van der Waals surface area (Å²) >= 11 is 0. The quantitative estimate of drug-likeness (QED) is 0.754. The first kappa shape index (κ1) is 15.4. The van der Waals surface area contributed by atoms with Gasteiger partial charge in [-0.25, -0.2) is 0 Å². The topological polar surface area (TPSA) is 44.5 Å². The van der Waals surface area contributed by atoms with Crippen LogP contribution in [0.5, 0.6) is 11.5 Å². The largest absolute Gasteiger partial charge is 0.490 e. The average molecular weight is 285 g/mol. The minimum atomic E-state index is 0.519. The number of hydrogen-bond acceptors (Lipinski definition) is 3. The van der Waals surface area contributed by atoms with Gasteiger partial charge in [0.1, 0.15) is 24.7 Å². The molecule has 0 aliphatic heterocycles. The summed E-state index contributed by atoms with van der Waals surface area (Å²) in [6.45, 7) is 3.75. The Morgan fingerprint density at radius 1 is 0.857 bits per heavy atom. The van der Waals surface area contributed by atoms with E-state index in [0.29, 0.717) is 19.8 Å². The van der Waals surface area contributed by atoms with E-state index in [0.717, 1.165) is 29.9 Å². The highest BCUT2D eigenvalue weighted by atomic mass is 16.5. The van der Waals surface area contributed by atoms with Gasteiger partial charge in [0.25, 0.3) is 0 Å². The van der Waals surface area contributed by atoms with Crippen molar-refractivity contribution < 1.29 is 9.47 Å². The predicted molar refractivity (Wildman–Crippen MR) is 85.8 cm³/mol. The summed E-state index contributed by atoms with van der Waals surface area (Å²) < 4.78 is 11.3. The molecular formula is C18H23NO2. The fourth-order valence-electron chi connectivity index (χ4n) is 2.12. The monoisotopic (exact) mass is 285 g/mol. The maximum absolute atomic E-state index is 5.67. The van der Waals surface area contributed by atoms with Crippen LogP contribution >= 0.6 is 0 Å². The molecule has 0 radical (unpaired) electrons. The average Bonchev–Trinajstić information content (AvgIpc) is 2.53. The minimum Gasteiger partial charge on any atom is -0.490 e. The van der Waals surface area contributed by atoms with Crippen LogP contribution in [0, 0.1) is 0 Å². The lowest BCUT2D eigenvalue weighted by atomic mass is 10.1. The Labute approximate surface area is 126 Å². The molecule has 2 N–H and O–H groups in total. The van der Waals surface area contributed by atoms with E-state index in [9.17, 15) is 0 Å². The predicted octanol–water partition coefficient (Wildman–Crippen LogP) is 3.56. The van der Waals surface area contributed by atoms with Gasteiger partial charge < -0.3 is 15.2 Å². The van der Waals surface area contributed by atoms with E-state index in [1.165, 1.54) is 5.56 Å². The second-order valence-corrected chi connectivity index (χ2v) is 4.94. The summed E-state index contributed by atoms with van der Waals surface area (Å²) in [5.41, 5.74) is 8.02. The fraction of sp³-hybridized carbons (Fsp3) is 0.333. The molecule has 2 rings (SSSR count). The third-order valence-electron chi connectivity index (χ3n) is 3.22. The summed E-state index contributed by atoms with van der Waals surface area (Å²) in [5.74, 6) is 1.72. The summed E-state index contributed by atoms with van der Waals surface area (Å²) in [6, 6.07) is 16.1. The first-order valence-electron chi connectivity index (χ1n) is 7.45. The molecule has 3 nitrogen and oxygen atoms in total. The minimum absolute atomic E-state index is 0.519. The van der Waals surface area contributed by atoms with Crippen molar-refractivity contribution in [2.45, 2.75) is 26.3 Å². The highest BCUT2D eigenvalue weighted by Gasteiger charge is 1.98. The van der Waals surface area contributed by atoms with Gasteiger partial charge in [-0.1, -0.05) is 37.6 Å². The third-order valence-corrected chi connectivity index (χ3v) is 3.22. The zero-order chi connectivity index (χ0) is 14.9. The van der Waals surface area contributed by atoms with Crippen LogP contribution in [0.15, 0.2) is 48.5 Å². The van der Waals surface area contributed by atoms with Crippen molar-refractivity contribution >= 4 is 0 Å². The van der Waals surface area contributed by atoms with Crippen LogP contribution in [-0.2, 0) is 13.0 Å². The van der Waals surface area contributed by atoms with Crippen LogP contribution < -0.4 is 15.2 Å². The van der Waals surface area contributed by atoms with Crippen LogP contribution in [0.2, 0.25) is 0 Å². The van der Waals surface area contributed by atoms with Gasteiger partial charge in [0, 0.05) is 6.54 Å². The highest BCUT2D eigenvalue weighted by molar-refractivity contribution is 5.29. The van der Waals surface area contributed by atoms with E-state index in [1.54, 1.807) is 0 Å². The van der Waals surface area contributed by atoms with Crippen LogP contribution in [0.1, 0.15) is 24.5 Å². The number of nitrogens with two attached hydrogens (primary N) is 1. The number of benzene rings is 2. The van der Waals surface area contributed by atoms with Crippen LogP contribution in [0.4, 0.5) is 0 Å². The Bertz CT molecular complexity index is 537. The molecule has 0 saturated carbocycles. The molecule has 0 atom stereocenters. The van der Waals surface area contributed by atoms with Gasteiger partial charge >= 0.3 is 0 Å². The van der Waals surface area contributed by atoms with Gasteiger partial charge in [0.05, 0.1) is 0 Å². The van der Waals surface area contributed by atoms with Gasteiger partial charge in [-0.05, 0) is 41.8 Å². The van der Waals surface area contributed by atoms with E-state index in [1.807, 2.05) is 36.4 Å². The Morgan fingerprint density at radius 2 is 1.57 bits per heavy atom. The molecule has 0 spiro atoms. The van der Waals surface area contributed by atoms with Crippen molar-refractivity contribution in [1.82, 2.24) is 0 Å². The lowest BCUT2D eigenvalue weighted by Crippen LogP contribution is -2.09. The zero-order valence-electron chi connectivity index (χ0n) is 12.5. The molecule has 2 aromatic carbocycles. The van der Waals surface area contributed by atoms with E-state index < -0.39 is 0 Å². The van der Waals surface area contributed by atoms with Crippen molar-refractivity contribution in [1.29, 1.82) is 0 Å². The molecule has 0 saturated heterocycles. The SMILES string of the molecule is CCCc1ccc(OCCOc2cccc(CN)c2)cc1. The maximum atomic E-state index is 5.67. The number of ether oxygens (including phenoxy) is 2. The molecule has 0 aliphatic carbocycles. The summed E-state index contributed by atoms with van der Waals surface area (Å²) in [6.07, 6.45) is 2.27. The van der Waals surface area contributed by atoms with Gasteiger partial charge in [-0.2, -0.15) is 0 Å². The first-order valence-corrected chi connectivity index (χ1v) is 7.45. The second-order valence-electron chi connectivity index (χ2n) is 4.94. The molecule has 0 heterocycles. The van der Waals surface area contributed by atoms with Crippen molar-refractivity contribution in [3.05, 3.63) is 59.7 Å². The van der Waals surface area contributed by atoms with Crippen molar-refractivity contribution in [2.24, 2.45) is 5.73 Å². The molecular weight excluding hydrogens is 262 g/mol. The molecule has 112 valence electrons. The molecule has 0 amide bonds. The summed E-state index contributed by atoms with van der Waals surface area (Å²) in [7, 11) is 0. The number of rotatable bonds is 8. The van der Waals surface area contributed by atoms with Crippen LogP contribution in [0.25, 0.3) is 0 Å². The lowest BCUT2D eigenvalue weighted by molar-refractivity contribution is 0.217. The molecule has 0 bridgehead atoms. The van der Waals surface area contributed by atoms with Gasteiger partial charge in [-0.15, -0.1) is 0 Å². The lowest BCUT2D eigenvalue weighted by Gasteiger charge is -2.09. The van der Waals surface area contributed by atoms with E-state index >= 15 is 0 Å². The number of hydrogen-bond donors (Lipinski definition) is 1. The third kappa shape index (κ3) is 5.12. The standard InChI is InChI=1S/C18H23NO2/c1-2-4-15-7-9-17(10-8-15)20-11-12-21-18-6-3-5-16(13-18)14-19/h3,5-10,13H,2,4,11-12,14,19H2,1H3.